The Kier molecular flexibility index (Phi) is 3.33. The molecule has 7 heteroatoms. The summed E-state index contributed by atoms with van der Waals surface area (Å²) in [5.41, 5.74) is 5.16. The van der Waals surface area contributed by atoms with Crippen LogP contribution in [-0.2, 0) is 0 Å². The Morgan fingerprint density at radius 2 is 2.22 bits per heavy atom. The lowest BCUT2D eigenvalue weighted by Crippen LogP contribution is -2.47. The first-order chi connectivity index (χ1) is 8.53. The van der Waals surface area contributed by atoms with Crippen LogP contribution in [0, 0.1) is 0 Å². The number of nitrogens with zero attached hydrogens (tertiary/aromatic N) is 4. The number of anilines is 1. The average Bonchev–Trinajstić information content (AvgIpc) is 2.36. The minimum Gasteiger partial charge on any atom is -0.409 e. The van der Waals surface area contributed by atoms with Crippen LogP contribution in [0.2, 0.25) is 0 Å². The second-order valence-electron chi connectivity index (χ2n) is 4.74. The first kappa shape index (κ1) is 12.6. The molecule has 1 atom stereocenters. The molecule has 1 aromatic rings. The van der Waals surface area contributed by atoms with Gasteiger partial charge in [0.25, 0.3) is 0 Å². The molecular formula is C11H17N5O2. The van der Waals surface area contributed by atoms with Crippen LogP contribution < -0.4 is 10.6 Å². The standard InChI is InChI=1S/C11H17N5O2/c1-11(17)3-2-6-16(7-11)10-8(9(12)15-18)13-4-5-14-10/h4-5,17-18H,2-3,6-7H2,1H3,(H2,12,15). The molecule has 0 bridgehead atoms. The molecule has 2 heterocycles. The highest BCUT2D eigenvalue weighted by molar-refractivity contribution is 5.99. The highest BCUT2D eigenvalue weighted by atomic mass is 16.4. The van der Waals surface area contributed by atoms with Crippen LogP contribution in [0.5, 0.6) is 0 Å². The lowest BCUT2D eigenvalue weighted by molar-refractivity contribution is 0.0447. The van der Waals surface area contributed by atoms with Gasteiger partial charge in [-0.2, -0.15) is 0 Å². The Morgan fingerprint density at radius 1 is 1.50 bits per heavy atom. The second kappa shape index (κ2) is 4.77. The van der Waals surface area contributed by atoms with Crippen molar-refractivity contribution < 1.29 is 10.3 Å². The van der Waals surface area contributed by atoms with E-state index >= 15 is 0 Å². The quantitative estimate of drug-likeness (QED) is 0.294. The molecule has 1 aliphatic rings. The number of aromatic nitrogens is 2. The van der Waals surface area contributed by atoms with Crippen LogP contribution in [0.3, 0.4) is 0 Å². The predicted molar refractivity (Wildman–Crippen MR) is 66.6 cm³/mol. The van der Waals surface area contributed by atoms with E-state index in [0.29, 0.717) is 18.1 Å². The average molecular weight is 251 g/mol. The van der Waals surface area contributed by atoms with Gasteiger partial charge in [-0.3, -0.25) is 0 Å². The topological polar surface area (TPSA) is 108 Å². The fourth-order valence-corrected chi connectivity index (χ4v) is 2.19. The van der Waals surface area contributed by atoms with E-state index in [0.717, 1.165) is 19.4 Å². The highest BCUT2D eigenvalue weighted by Gasteiger charge is 2.30. The molecule has 0 radical (unpaired) electrons. The molecule has 1 aliphatic heterocycles. The molecule has 0 spiro atoms. The van der Waals surface area contributed by atoms with Crippen molar-refractivity contribution in [3.63, 3.8) is 0 Å². The summed E-state index contributed by atoms with van der Waals surface area (Å²) in [7, 11) is 0. The fourth-order valence-electron chi connectivity index (χ4n) is 2.19. The molecule has 18 heavy (non-hydrogen) atoms. The van der Waals surface area contributed by atoms with Crippen LogP contribution in [0.4, 0.5) is 5.82 Å². The van der Waals surface area contributed by atoms with Crippen molar-refractivity contribution in [3.8, 4) is 0 Å². The molecule has 0 aliphatic carbocycles. The first-order valence-electron chi connectivity index (χ1n) is 5.80. The number of nitrogens with two attached hydrogens (primary N) is 1. The van der Waals surface area contributed by atoms with E-state index in [-0.39, 0.29) is 5.84 Å². The van der Waals surface area contributed by atoms with Gasteiger partial charge in [-0.25, -0.2) is 9.97 Å². The number of hydrogen-bond donors (Lipinski definition) is 3. The fraction of sp³-hybridized carbons (Fsp3) is 0.545. The largest absolute Gasteiger partial charge is 0.409 e. The monoisotopic (exact) mass is 251 g/mol. The maximum absolute atomic E-state index is 10.1. The number of hydrogen-bond acceptors (Lipinski definition) is 6. The Morgan fingerprint density at radius 3 is 2.89 bits per heavy atom. The maximum atomic E-state index is 10.1. The third kappa shape index (κ3) is 2.51. The molecule has 1 aromatic heterocycles. The van der Waals surface area contributed by atoms with Gasteiger partial charge in [0, 0.05) is 25.5 Å². The molecule has 0 saturated carbocycles. The Labute approximate surface area is 105 Å². The minimum absolute atomic E-state index is 0.0803. The molecule has 1 fully saturated rings. The van der Waals surface area contributed by atoms with Gasteiger partial charge < -0.3 is 20.9 Å². The third-order valence-corrected chi connectivity index (χ3v) is 3.00. The molecular weight excluding hydrogens is 234 g/mol. The zero-order valence-corrected chi connectivity index (χ0v) is 10.2. The molecule has 4 N–H and O–H groups in total. The molecule has 2 rings (SSSR count). The summed E-state index contributed by atoms with van der Waals surface area (Å²) in [4.78, 5) is 10.2. The highest BCUT2D eigenvalue weighted by Crippen LogP contribution is 2.25. The van der Waals surface area contributed by atoms with E-state index in [9.17, 15) is 5.11 Å². The minimum atomic E-state index is -0.752. The van der Waals surface area contributed by atoms with E-state index in [1.807, 2.05) is 4.90 Å². The van der Waals surface area contributed by atoms with E-state index in [1.54, 1.807) is 13.1 Å². The molecule has 0 amide bonds. The van der Waals surface area contributed by atoms with Crippen LogP contribution in [0.1, 0.15) is 25.5 Å². The van der Waals surface area contributed by atoms with Gasteiger partial charge in [-0.05, 0) is 19.8 Å². The van der Waals surface area contributed by atoms with Gasteiger partial charge in [0.2, 0.25) is 0 Å². The number of β-amino-alcohol motifs (C(OH)–C–C–N with tert-alkyl or cyclic N) is 1. The number of amidine groups is 1. The lowest BCUT2D eigenvalue weighted by Gasteiger charge is -2.37. The second-order valence-corrected chi connectivity index (χ2v) is 4.74. The summed E-state index contributed by atoms with van der Waals surface area (Å²) in [5, 5.41) is 21.8. The van der Waals surface area contributed by atoms with Crippen LogP contribution in [0.15, 0.2) is 17.5 Å². The van der Waals surface area contributed by atoms with E-state index in [1.165, 1.54) is 6.20 Å². The molecule has 1 saturated heterocycles. The summed E-state index contributed by atoms with van der Waals surface area (Å²) in [6.07, 6.45) is 4.65. The van der Waals surface area contributed by atoms with Crippen LogP contribution in [0.25, 0.3) is 0 Å². The van der Waals surface area contributed by atoms with Gasteiger partial charge in [-0.15, -0.1) is 0 Å². The van der Waals surface area contributed by atoms with Gasteiger partial charge >= 0.3 is 0 Å². The molecule has 0 aromatic carbocycles. The van der Waals surface area contributed by atoms with Gasteiger partial charge in [0.05, 0.1) is 5.60 Å². The van der Waals surface area contributed by atoms with Crippen molar-refractivity contribution >= 4 is 11.7 Å². The van der Waals surface area contributed by atoms with Crippen molar-refractivity contribution in [2.75, 3.05) is 18.0 Å². The zero-order valence-electron chi connectivity index (χ0n) is 10.2. The number of piperidine rings is 1. The molecule has 7 nitrogen and oxygen atoms in total. The molecule has 1 unspecified atom stereocenters. The number of oxime groups is 1. The Balaban J connectivity index is 2.33. The summed E-state index contributed by atoms with van der Waals surface area (Å²) in [5.74, 6) is 0.455. The zero-order chi connectivity index (χ0) is 13.2. The van der Waals surface area contributed by atoms with Crippen molar-refractivity contribution in [2.45, 2.75) is 25.4 Å². The van der Waals surface area contributed by atoms with E-state index < -0.39 is 5.60 Å². The summed E-state index contributed by atoms with van der Waals surface area (Å²) in [6, 6.07) is 0. The van der Waals surface area contributed by atoms with Gasteiger partial charge in [0.15, 0.2) is 17.3 Å². The summed E-state index contributed by atoms with van der Waals surface area (Å²) in [6.45, 7) is 3.01. The van der Waals surface area contributed by atoms with Crippen LogP contribution in [-0.4, -0.2) is 44.8 Å². The first-order valence-corrected chi connectivity index (χ1v) is 5.80. The van der Waals surface area contributed by atoms with E-state index in [4.69, 9.17) is 10.9 Å². The van der Waals surface area contributed by atoms with Gasteiger partial charge in [0.1, 0.15) is 0 Å². The molecule has 98 valence electrons. The van der Waals surface area contributed by atoms with Crippen molar-refractivity contribution in [1.82, 2.24) is 9.97 Å². The smallest absolute Gasteiger partial charge is 0.192 e. The van der Waals surface area contributed by atoms with E-state index in [2.05, 4.69) is 15.1 Å². The number of aliphatic hydroxyl groups is 1. The normalized spacial score (nSPS) is 25.2. The summed E-state index contributed by atoms with van der Waals surface area (Å²) >= 11 is 0. The Hall–Kier alpha value is -1.89. The summed E-state index contributed by atoms with van der Waals surface area (Å²) < 4.78 is 0. The maximum Gasteiger partial charge on any atom is 0.192 e. The number of rotatable bonds is 2. The SMILES string of the molecule is CC1(O)CCCN(c2nccnc2C(N)=NO)C1. The third-order valence-electron chi connectivity index (χ3n) is 3.00. The van der Waals surface area contributed by atoms with Gasteiger partial charge in [-0.1, -0.05) is 5.16 Å². The lowest BCUT2D eigenvalue weighted by atomic mass is 9.95. The van der Waals surface area contributed by atoms with Crippen LogP contribution >= 0.6 is 0 Å². The predicted octanol–water partition coefficient (Wildman–Crippen LogP) is -0.0777. The van der Waals surface area contributed by atoms with Crippen molar-refractivity contribution in [3.05, 3.63) is 18.1 Å². The van der Waals surface area contributed by atoms with Crippen molar-refractivity contribution in [2.24, 2.45) is 10.9 Å². The van der Waals surface area contributed by atoms with Crippen molar-refractivity contribution in [1.29, 1.82) is 0 Å². The Bertz CT molecular complexity index is 461.